The number of hydrogen-bond acceptors (Lipinski definition) is 4. The molecular weight excluding hydrogens is 419 g/mol. The zero-order chi connectivity index (χ0) is 21.0. The van der Waals surface area contributed by atoms with Crippen molar-refractivity contribution in [2.75, 3.05) is 17.1 Å². The first-order chi connectivity index (χ1) is 13.8. The highest BCUT2D eigenvalue weighted by Crippen LogP contribution is 2.25. The topological polar surface area (TPSA) is 84.5 Å². The molecule has 0 aromatic heterocycles. The summed E-state index contributed by atoms with van der Waals surface area (Å²) in [6, 6.07) is 15.3. The van der Waals surface area contributed by atoms with Crippen LogP contribution >= 0.6 is 11.6 Å². The first-order valence-corrected chi connectivity index (χ1v) is 10.2. The van der Waals surface area contributed by atoms with Crippen molar-refractivity contribution in [2.45, 2.75) is 4.90 Å². The highest BCUT2D eigenvalue weighted by molar-refractivity contribution is 7.92. The molecule has 2 N–H and O–H groups in total. The molecule has 0 saturated heterocycles. The minimum atomic E-state index is -3.84. The Morgan fingerprint density at radius 2 is 1.59 bits per heavy atom. The second-order valence-corrected chi connectivity index (χ2v) is 8.03. The molecule has 0 bridgehead atoms. The standard InChI is InChI=1S/C20H16ClFN2O4S/c1-28-16-7-9-17(10-8-16)29(26,27)24-15-6-11-18(19(21)12-15)20(25)23-14-4-2-13(22)3-5-14/h2-12,24H,1H3,(H,23,25). The van der Waals surface area contributed by atoms with Crippen LogP contribution < -0.4 is 14.8 Å². The van der Waals surface area contributed by atoms with E-state index in [0.717, 1.165) is 0 Å². The van der Waals surface area contributed by atoms with Crippen LogP contribution in [0.15, 0.2) is 71.6 Å². The lowest BCUT2D eigenvalue weighted by molar-refractivity contribution is 0.102. The van der Waals surface area contributed by atoms with Crippen LogP contribution in [0.1, 0.15) is 10.4 Å². The number of anilines is 2. The average molecular weight is 435 g/mol. The number of ether oxygens (including phenoxy) is 1. The highest BCUT2D eigenvalue weighted by Gasteiger charge is 2.17. The van der Waals surface area contributed by atoms with E-state index in [1.807, 2.05) is 0 Å². The second kappa shape index (κ2) is 8.50. The number of methoxy groups -OCH3 is 1. The van der Waals surface area contributed by atoms with Gasteiger partial charge in [0.15, 0.2) is 0 Å². The maximum absolute atomic E-state index is 13.0. The molecule has 29 heavy (non-hydrogen) atoms. The molecule has 0 heterocycles. The normalized spacial score (nSPS) is 11.0. The van der Waals surface area contributed by atoms with Crippen molar-refractivity contribution in [3.63, 3.8) is 0 Å². The summed E-state index contributed by atoms with van der Waals surface area (Å²) in [5.74, 6) is -0.399. The first-order valence-electron chi connectivity index (χ1n) is 8.32. The fourth-order valence-corrected chi connectivity index (χ4v) is 3.78. The fraction of sp³-hybridized carbons (Fsp3) is 0.0500. The average Bonchev–Trinajstić information content (AvgIpc) is 2.69. The maximum atomic E-state index is 13.0. The molecule has 0 saturated carbocycles. The third-order valence-corrected chi connectivity index (χ3v) is 5.65. The predicted octanol–water partition coefficient (Wildman–Crippen LogP) is 4.54. The summed E-state index contributed by atoms with van der Waals surface area (Å²) in [4.78, 5) is 12.4. The molecule has 0 aliphatic rings. The number of hydrogen-bond donors (Lipinski definition) is 2. The second-order valence-electron chi connectivity index (χ2n) is 5.94. The van der Waals surface area contributed by atoms with Crippen LogP contribution in [0, 0.1) is 5.82 Å². The van der Waals surface area contributed by atoms with Crippen LogP contribution in [0.25, 0.3) is 0 Å². The fourth-order valence-electron chi connectivity index (χ4n) is 2.46. The van der Waals surface area contributed by atoms with Crippen LogP contribution in [0.4, 0.5) is 15.8 Å². The van der Waals surface area contributed by atoms with Crippen molar-refractivity contribution < 1.29 is 22.3 Å². The number of rotatable bonds is 6. The number of carbonyl (C=O) groups excluding carboxylic acids is 1. The Bertz CT molecular complexity index is 1130. The molecule has 6 nitrogen and oxygen atoms in total. The van der Waals surface area contributed by atoms with Gasteiger partial charge in [-0.3, -0.25) is 9.52 Å². The Hall–Kier alpha value is -3.10. The molecule has 0 fully saturated rings. The molecule has 9 heteroatoms. The summed E-state index contributed by atoms with van der Waals surface area (Å²) < 4.78 is 45.4. The highest BCUT2D eigenvalue weighted by atomic mass is 35.5. The molecular formula is C20H16ClFN2O4S. The summed E-state index contributed by atoms with van der Waals surface area (Å²) in [7, 11) is -2.36. The molecule has 3 rings (SSSR count). The Labute approximate surface area is 172 Å². The van der Waals surface area contributed by atoms with E-state index in [1.54, 1.807) is 0 Å². The van der Waals surface area contributed by atoms with E-state index in [4.69, 9.17) is 16.3 Å². The van der Waals surface area contributed by atoms with Crippen LogP contribution in [0.2, 0.25) is 5.02 Å². The van der Waals surface area contributed by atoms with Gasteiger partial charge >= 0.3 is 0 Å². The number of halogens is 2. The Kier molecular flexibility index (Phi) is 6.05. The van der Waals surface area contributed by atoms with Crippen LogP contribution in [-0.4, -0.2) is 21.4 Å². The van der Waals surface area contributed by atoms with Crippen molar-refractivity contribution in [1.82, 2.24) is 0 Å². The van der Waals surface area contributed by atoms with E-state index in [1.165, 1.54) is 73.8 Å². The molecule has 3 aromatic rings. The summed E-state index contributed by atoms with van der Waals surface area (Å²) in [5.41, 5.74) is 0.740. The first kappa shape index (κ1) is 20.6. The van der Waals surface area contributed by atoms with Gasteiger partial charge in [0.1, 0.15) is 11.6 Å². The SMILES string of the molecule is COc1ccc(S(=O)(=O)Nc2ccc(C(=O)Nc3ccc(F)cc3)c(Cl)c2)cc1. The number of nitrogens with one attached hydrogen (secondary N) is 2. The molecule has 0 atom stereocenters. The Morgan fingerprint density at radius 1 is 0.966 bits per heavy atom. The lowest BCUT2D eigenvalue weighted by Gasteiger charge is -2.11. The monoisotopic (exact) mass is 434 g/mol. The van der Waals surface area contributed by atoms with E-state index in [-0.39, 0.29) is 21.2 Å². The molecule has 0 spiro atoms. The van der Waals surface area contributed by atoms with Crippen molar-refractivity contribution >= 4 is 38.9 Å². The van der Waals surface area contributed by atoms with Gasteiger partial charge < -0.3 is 10.1 Å². The predicted molar refractivity (Wildman–Crippen MR) is 110 cm³/mol. The summed E-state index contributed by atoms with van der Waals surface area (Å²) >= 11 is 6.16. The zero-order valence-corrected chi connectivity index (χ0v) is 16.7. The minimum absolute atomic E-state index is 0.0487. The summed E-state index contributed by atoms with van der Waals surface area (Å²) in [6.07, 6.45) is 0. The Morgan fingerprint density at radius 3 is 2.17 bits per heavy atom. The number of amides is 1. The van der Waals surface area contributed by atoms with Gasteiger partial charge in [0.25, 0.3) is 15.9 Å². The van der Waals surface area contributed by atoms with Gasteiger partial charge in [0.05, 0.1) is 28.3 Å². The maximum Gasteiger partial charge on any atom is 0.261 e. The van der Waals surface area contributed by atoms with E-state index in [9.17, 15) is 17.6 Å². The third kappa shape index (κ3) is 5.04. The summed E-state index contributed by atoms with van der Waals surface area (Å²) in [6.45, 7) is 0. The van der Waals surface area contributed by atoms with Gasteiger partial charge in [0.2, 0.25) is 0 Å². The van der Waals surface area contributed by atoms with Crippen LogP contribution in [-0.2, 0) is 10.0 Å². The van der Waals surface area contributed by atoms with E-state index in [0.29, 0.717) is 11.4 Å². The van der Waals surface area contributed by atoms with Crippen molar-refractivity contribution in [2.24, 2.45) is 0 Å². The number of benzene rings is 3. The van der Waals surface area contributed by atoms with E-state index in [2.05, 4.69) is 10.0 Å². The van der Waals surface area contributed by atoms with Crippen LogP contribution in [0.5, 0.6) is 5.75 Å². The van der Waals surface area contributed by atoms with Gasteiger partial charge in [-0.25, -0.2) is 12.8 Å². The third-order valence-electron chi connectivity index (χ3n) is 3.94. The molecule has 0 radical (unpaired) electrons. The minimum Gasteiger partial charge on any atom is -0.497 e. The number of sulfonamides is 1. The van der Waals surface area contributed by atoms with Crippen molar-refractivity contribution in [3.8, 4) is 5.75 Å². The van der Waals surface area contributed by atoms with Gasteiger partial charge in [0, 0.05) is 5.69 Å². The molecule has 1 amide bonds. The molecule has 150 valence electrons. The zero-order valence-electron chi connectivity index (χ0n) is 15.1. The van der Waals surface area contributed by atoms with Gasteiger partial charge in [-0.2, -0.15) is 0 Å². The van der Waals surface area contributed by atoms with Crippen molar-refractivity contribution in [1.29, 1.82) is 0 Å². The lowest BCUT2D eigenvalue weighted by Crippen LogP contribution is -2.15. The van der Waals surface area contributed by atoms with E-state index >= 15 is 0 Å². The van der Waals surface area contributed by atoms with Crippen LogP contribution in [0.3, 0.4) is 0 Å². The molecule has 0 aliphatic carbocycles. The van der Waals surface area contributed by atoms with Gasteiger partial charge in [-0.15, -0.1) is 0 Å². The number of carbonyl (C=O) groups is 1. The molecule has 0 aliphatic heterocycles. The lowest BCUT2D eigenvalue weighted by atomic mass is 10.2. The smallest absolute Gasteiger partial charge is 0.261 e. The van der Waals surface area contributed by atoms with Crippen molar-refractivity contribution in [3.05, 3.63) is 83.1 Å². The van der Waals surface area contributed by atoms with E-state index < -0.39 is 21.7 Å². The quantitative estimate of drug-likeness (QED) is 0.596. The Balaban J connectivity index is 1.76. The molecule has 0 unspecified atom stereocenters. The summed E-state index contributed by atoms with van der Waals surface area (Å²) in [5, 5.41) is 2.65. The molecule has 3 aromatic carbocycles. The largest absolute Gasteiger partial charge is 0.497 e. The van der Waals surface area contributed by atoms with Gasteiger partial charge in [-0.1, -0.05) is 11.6 Å². The van der Waals surface area contributed by atoms with Gasteiger partial charge in [-0.05, 0) is 66.7 Å².